The Morgan fingerprint density at radius 1 is 1.08 bits per heavy atom. The summed E-state index contributed by atoms with van der Waals surface area (Å²) in [5.41, 5.74) is -0.917. The van der Waals surface area contributed by atoms with Gasteiger partial charge in [-0.15, -0.1) is 0 Å². The molecule has 2 atom stereocenters. The number of furan rings is 1. The quantitative estimate of drug-likeness (QED) is 0.203. The molecule has 198 valence electrons. The molecule has 1 fully saturated rings. The number of aromatic amines is 1. The number of H-pyrrole nitrogens is 1. The second kappa shape index (κ2) is 9.58. The van der Waals surface area contributed by atoms with Gasteiger partial charge in [0.1, 0.15) is 0 Å². The molecule has 1 aliphatic carbocycles. The number of rotatable bonds is 8. The van der Waals surface area contributed by atoms with Crippen LogP contribution in [0, 0.1) is 26.9 Å². The summed E-state index contributed by atoms with van der Waals surface area (Å²) in [4.78, 5) is 15.1. The first-order valence-corrected chi connectivity index (χ1v) is 16.7. The summed E-state index contributed by atoms with van der Waals surface area (Å²) >= 11 is -1.61. The molecule has 2 heterocycles. The molecule has 0 saturated heterocycles. The number of nitrogens with zero attached hydrogens (tertiary/aromatic N) is 1. The molecule has 5 aromatic rings. The number of nitrogens with one attached hydrogen (secondary N) is 1. The van der Waals surface area contributed by atoms with Crippen LogP contribution < -0.4 is 25.5 Å². The van der Waals surface area contributed by atoms with Crippen LogP contribution in [0.25, 0.3) is 27.7 Å². The van der Waals surface area contributed by atoms with E-state index in [-0.39, 0.29) is 31.7 Å². The standard InChI is InChI=1S/C26H19F3IN2O5S/c27-18-11-16(30-38(34,35)20-10-15(20)13-36-12-14-4-2-1-3-5-14)6-7-19(18)32-24-22(29)21(28)17-8-9-37-25(17)23(24)31-26(32)33/h1-9,11,15,20H,10,12-13H2,(H,31,33)/q-1. The van der Waals surface area contributed by atoms with Gasteiger partial charge in [0.25, 0.3) is 0 Å². The van der Waals surface area contributed by atoms with Gasteiger partial charge in [-0.1, -0.05) is 0 Å². The molecule has 0 aliphatic heterocycles. The van der Waals surface area contributed by atoms with Gasteiger partial charge in [0.2, 0.25) is 0 Å². The van der Waals surface area contributed by atoms with Crippen molar-refractivity contribution in [2.24, 2.45) is 5.92 Å². The zero-order chi connectivity index (χ0) is 26.6. The van der Waals surface area contributed by atoms with Crippen molar-refractivity contribution in [2.45, 2.75) is 18.3 Å². The van der Waals surface area contributed by atoms with E-state index in [9.17, 15) is 22.0 Å². The number of benzene rings is 3. The fourth-order valence-corrected chi connectivity index (χ4v) is 12.2. The molecule has 0 bridgehead atoms. The van der Waals surface area contributed by atoms with Gasteiger partial charge in [-0.2, -0.15) is 0 Å². The third kappa shape index (κ3) is 4.43. The number of halogens is 4. The van der Waals surface area contributed by atoms with E-state index in [1.165, 1.54) is 18.2 Å². The van der Waals surface area contributed by atoms with E-state index in [0.717, 1.165) is 17.9 Å². The number of hydrogen-bond acceptors (Lipinski definition) is 5. The maximum absolute atomic E-state index is 15.2. The SMILES string of the molecule is O=c1[nH]c2c3occc3c(F)c(F)c2n1-c1ccc([I-]S(=O)(=O)C2CC2COCc2ccccc2)cc1F. The zero-order valence-corrected chi connectivity index (χ0v) is 22.4. The molecule has 2 unspecified atom stereocenters. The van der Waals surface area contributed by atoms with Crippen molar-refractivity contribution in [1.82, 2.24) is 9.55 Å². The van der Waals surface area contributed by atoms with E-state index in [0.29, 0.717) is 24.2 Å². The van der Waals surface area contributed by atoms with Crippen LogP contribution in [0.1, 0.15) is 12.0 Å². The van der Waals surface area contributed by atoms with Gasteiger partial charge in [-0.3, -0.25) is 0 Å². The summed E-state index contributed by atoms with van der Waals surface area (Å²) in [6.45, 7) is 0.722. The van der Waals surface area contributed by atoms with E-state index in [4.69, 9.17) is 9.15 Å². The fraction of sp³-hybridized carbons (Fsp3) is 0.192. The minimum absolute atomic E-state index is 0.0736. The van der Waals surface area contributed by atoms with Gasteiger partial charge < -0.3 is 0 Å². The predicted octanol–water partition coefficient (Wildman–Crippen LogP) is 1.68. The molecule has 0 amide bonds. The summed E-state index contributed by atoms with van der Waals surface area (Å²) in [6.07, 6.45) is 1.65. The third-order valence-corrected chi connectivity index (χ3v) is 14.1. The minimum atomic E-state index is -3.47. The van der Waals surface area contributed by atoms with Crippen molar-refractivity contribution in [3.05, 3.63) is 97.9 Å². The van der Waals surface area contributed by atoms with Crippen molar-refractivity contribution >= 4 is 29.0 Å². The molecule has 1 aliphatic rings. The summed E-state index contributed by atoms with van der Waals surface area (Å²) in [7, 11) is -3.47. The van der Waals surface area contributed by atoms with Crippen LogP contribution in [0.15, 0.2) is 70.1 Å². The van der Waals surface area contributed by atoms with Gasteiger partial charge in [0, 0.05) is 0 Å². The molecule has 1 N–H and O–H groups in total. The van der Waals surface area contributed by atoms with Gasteiger partial charge in [-0.25, -0.2) is 0 Å². The Morgan fingerprint density at radius 2 is 1.87 bits per heavy atom. The second-order valence-electron chi connectivity index (χ2n) is 8.96. The Morgan fingerprint density at radius 3 is 2.63 bits per heavy atom. The first kappa shape index (κ1) is 25.2. The Kier molecular flexibility index (Phi) is 6.35. The average Bonchev–Trinajstić information content (AvgIpc) is 3.37. The van der Waals surface area contributed by atoms with Gasteiger partial charge >= 0.3 is 224 Å². The van der Waals surface area contributed by atoms with Crippen LogP contribution in [0.2, 0.25) is 0 Å². The van der Waals surface area contributed by atoms with Gasteiger partial charge in [0.05, 0.1) is 0 Å². The van der Waals surface area contributed by atoms with Crippen molar-refractivity contribution in [1.29, 1.82) is 0 Å². The van der Waals surface area contributed by atoms with Gasteiger partial charge in [-0.05, 0) is 0 Å². The summed E-state index contributed by atoms with van der Waals surface area (Å²) in [5, 5.41) is -0.684. The first-order chi connectivity index (χ1) is 18.2. The molecule has 2 aromatic heterocycles. The van der Waals surface area contributed by atoms with Crippen molar-refractivity contribution in [3.8, 4) is 5.69 Å². The van der Waals surface area contributed by atoms with Crippen LogP contribution in [-0.2, 0) is 18.4 Å². The molecule has 12 heteroatoms. The van der Waals surface area contributed by atoms with E-state index in [1.54, 1.807) is 0 Å². The van der Waals surface area contributed by atoms with Crippen molar-refractivity contribution < 1.29 is 50.6 Å². The summed E-state index contributed by atoms with van der Waals surface area (Å²) in [6, 6.07) is 14.4. The van der Waals surface area contributed by atoms with Crippen LogP contribution in [-0.4, -0.2) is 29.8 Å². The molecule has 0 radical (unpaired) electrons. The predicted molar refractivity (Wildman–Crippen MR) is 129 cm³/mol. The van der Waals surface area contributed by atoms with Crippen LogP contribution in [0.3, 0.4) is 0 Å². The normalized spacial score (nSPS) is 17.6. The Labute approximate surface area is 222 Å². The average molecular weight is 655 g/mol. The van der Waals surface area contributed by atoms with Crippen LogP contribution in [0.4, 0.5) is 13.2 Å². The molecule has 6 rings (SSSR count). The first-order valence-electron chi connectivity index (χ1n) is 11.6. The summed E-state index contributed by atoms with van der Waals surface area (Å²) < 4.78 is 82.4. The number of ether oxygens (including phenoxy) is 1. The molecule has 0 spiro atoms. The summed E-state index contributed by atoms with van der Waals surface area (Å²) in [5.74, 6) is -3.60. The Bertz CT molecular complexity index is 1850. The van der Waals surface area contributed by atoms with Gasteiger partial charge in [0.15, 0.2) is 0 Å². The Hall–Kier alpha value is -3.10. The molecule has 7 nitrogen and oxygen atoms in total. The number of imidazole rings is 1. The monoisotopic (exact) mass is 655 g/mol. The number of hydrogen-bond donors (Lipinski definition) is 1. The van der Waals surface area contributed by atoms with E-state index in [1.807, 2.05) is 30.3 Å². The second-order valence-corrected chi connectivity index (χ2v) is 16.9. The molecule has 1 saturated carbocycles. The number of aromatic nitrogens is 2. The molecular weight excluding hydrogens is 636 g/mol. The van der Waals surface area contributed by atoms with Crippen molar-refractivity contribution in [3.63, 3.8) is 0 Å². The Balaban J connectivity index is 1.21. The zero-order valence-electron chi connectivity index (χ0n) is 19.5. The molecule has 38 heavy (non-hydrogen) atoms. The topological polar surface area (TPSA) is 94.3 Å². The van der Waals surface area contributed by atoms with E-state index < -0.39 is 60.7 Å². The molecule has 3 aromatic carbocycles. The fourth-order valence-electron chi connectivity index (χ4n) is 4.47. The van der Waals surface area contributed by atoms with Crippen LogP contribution >= 0.6 is 0 Å². The van der Waals surface area contributed by atoms with E-state index >= 15 is 4.39 Å². The van der Waals surface area contributed by atoms with Crippen LogP contribution in [0.5, 0.6) is 0 Å². The van der Waals surface area contributed by atoms with E-state index in [2.05, 4.69) is 4.98 Å². The van der Waals surface area contributed by atoms with Crippen molar-refractivity contribution in [2.75, 3.05) is 6.61 Å². The molecular formula is C26H19F3IN2O5S-. The third-order valence-electron chi connectivity index (χ3n) is 6.43. The maximum atomic E-state index is 15.2. The number of fused-ring (bicyclic) bond motifs is 3.